The van der Waals surface area contributed by atoms with E-state index in [9.17, 15) is 0 Å². The molecule has 0 saturated heterocycles. The third-order valence-corrected chi connectivity index (χ3v) is 15.4. The van der Waals surface area contributed by atoms with Crippen molar-refractivity contribution in [3.8, 4) is 5.75 Å². The summed E-state index contributed by atoms with van der Waals surface area (Å²) in [7, 11) is -1.45. The van der Waals surface area contributed by atoms with Crippen LogP contribution >= 0.6 is 55.7 Å². The molecule has 39 heavy (non-hydrogen) atoms. The standard InChI is InChI=1S/C31H51NOP2.3BrH.Mo/c1-23-14-16-24(17-15-23)20-33-27-18-25(21-34(28(2,3)4)29(5,6)7)32-26(19-27)22-35(30(8,9)10)31(11,12)13;;;;/h14-19H,20-22H2,1-13H3;3*1H;/q;;;;+3/p-1. The second kappa shape index (κ2) is 15.8. The number of rotatable bonds is 7. The van der Waals surface area contributed by atoms with Gasteiger partial charge in [0.1, 0.15) is 24.7 Å². The van der Waals surface area contributed by atoms with Crippen LogP contribution in [0.25, 0.3) is 0 Å². The summed E-state index contributed by atoms with van der Waals surface area (Å²) >= 11 is 8.90. The average molecular weight is 853 g/mol. The molecule has 8 heteroatoms. The van der Waals surface area contributed by atoms with Crippen LogP contribution < -0.4 is 4.74 Å². The molecule has 1 aromatic carbocycles. The molecule has 0 fully saturated rings. The second-order valence-corrected chi connectivity index (χ2v) is 50.9. The summed E-state index contributed by atoms with van der Waals surface area (Å²) < 4.78 is 6.40. The summed E-state index contributed by atoms with van der Waals surface area (Å²) in [6.45, 7) is 31.6. The van der Waals surface area contributed by atoms with E-state index < -0.39 is 27.0 Å². The Labute approximate surface area is 268 Å². The summed E-state index contributed by atoms with van der Waals surface area (Å²) in [5.41, 5.74) is 4.91. The molecular weight excluding hydrogens is 800 g/mol. The number of aryl methyl sites for hydroxylation is 1. The van der Waals surface area contributed by atoms with Crippen molar-refractivity contribution >= 4 is 55.7 Å². The van der Waals surface area contributed by atoms with Gasteiger partial charge >= 0.3 is 51.0 Å². The van der Waals surface area contributed by atoms with Crippen LogP contribution in [0.4, 0.5) is 0 Å². The quantitative estimate of drug-likeness (QED) is 0.204. The van der Waals surface area contributed by atoms with Crippen molar-refractivity contribution in [2.24, 2.45) is 0 Å². The predicted octanol–water partition coefficient (Wildman–Crippen LogP) is 12.1. The summed E-state index contributed by atoms with van der Waals surface area (Å²) in [5.74, 6) is 0.971. The van der Waals surface area contributed by atoms with Crippen LogP contribution in [0.15, 0.2) is 36.4 Å². The second-order valence-electron chi connectivity index (χ2n) is 14.5. The molecule has 0 atom stereocenters. The molecule has 0 N–H and O–H groups in total. The molecule has 0 bridgehead atoms. The monoisotopic (exact) mass is 852 g/mol. The van der Waals surface area contributed by atoms with Gasteiger partial charge in [0.05, 0.1) is 32.0 Å². The fourth-order valence-electron chi connectivity index (χ4n) is 5.41. The fraction of sp³-hybridized carbons (Fsp3) is 0.645. The van der Waals surface area contributed by atoms with E-state index in [0.717, 1.165) is 18.1 Å². The molecule has 1 heterocycles. The Morgan fingerprint density at radius 1 is 0.667 bits per heavy atom. The van der Waals surface area contributed by atoms with Gasteiger partial charge in [-0.05, 0) is 95.6 Å². The van der Waals surface area contributed by atoms with Crippen molar-refractivity contribution in [1.29, 1.82) is 0 Å². The van der Waals surface area contributed by atoms with Crippen molar-refractivity contribution in [3.63, 3.8) is 0 Å². The first-order valence-corrected chi connectivity index (χ1v) is 30.8. The number of hydrogen-bond acceptors (Lipinski definition) is 2. The minimum absolute atomic E-state index is 0.301. The maximum atomic E-state index is 6.40. The minimum atomic E-state index is -0.919. The van der Waals surface area contributed by atoms with E-state index in [0.29, 0.717) is 27.2 Å². The van der Waals surface area contributed by atoms with E-state index >= 15 is 0 Å². The zero-order chi connectivity index (χ0) is 30.4. The zero-order valence-electron chi connectivity index (χ0n) is 26.5. The topological polar surface area (TPSA) is 22.1 Å². The first kappa shape index (κ1) is 38.2. The van der Waals surface area contributed by atoms with E-state index in [4.69, 9.17) is 9.72 Å². The number of ether oxygens (including phenoxy) is 1. The summed E-state index contributed by atoms with van der Waals surface area (Å²) in [6.07, 6.45) is 2.14. The van der Waals surface area contributed by atoms with Crippen molar-refractivity contribution < 1.29 is 15.9 Å². The van der Waals surface area contributed by atoms with Gasteiger partial charge in [-0.25, -0.2) is 4.98 Å². The van der Waals surface area contributed by atoms with Gasteiger partial charge in [0.25, 0.3) is 0 Å². The molecule has 0 aliphatic heterocycles. The van der Waals surface area contributed by atoms with Crippen molar-refractivity contribution in [2.75, 3.05) is 0 Å². The van der Waals surface area contributed by atoms with Crippen LogP contribution in [0.5, 0.6) is 5.75 Å². The van der Waals surface area contributed by atoms with E-state index in [2.05, 4.69) is 166 Å². The van der Waals surface area contributed by atoms with E-state index in [1.807, 2.05) is 0 Å². The Kier molecular flexibility index (Phi) is 15.4. The molecule has 0 amide bonds. The van der Waals surface area contributed by atoms with Gasteiger partial charge in [-0.3, -0.25) is 0 Å². The maximum absolute atomic E-state index is 6.40. The Bertz CT molecular complexity index is 938. The Morgan fingerprint density at radius 3 is 1.31 bits per heavy atom. The van der Waals surface area contributed by atoms with Crippen LogP contribution in [-0.2, 0) is 30.1 Å². The molecule has 0 radical (unpaired) electrons. The molecular formula is C31H53Br3MoNOP2+2. The third kappa shape index (κ3) is 14.9. The predicted molar refractivity (Wildman–Crippen MR) is 190 cm³/mol. The normalized spacial score (nSPS) is 13.1. The van der Waals surface area contributed by atoms with Gasteiger partial charge in [0, 0.05) is 28.0 Å². The third-order valence-electron chi connectivity index (χ3n) is 6.77. The van der Waals surface area contributed by atoms with Crippen molar-refractivity contribution in [1.82, 2.24) is 4.98 Å². The van der Waals surface area contributed by atoms with Gasteiger partial charge < -0.3 is 4.74 Å². The Balaban J connectivity index is 0.00000177. The SMILES string of the molecule is Cc1ccc(COc2cc(C[PH+](C(C)(C)C)C(C)(C)C)nc(C[PH+](C(C)(C)C)C(C)(C)C)c2)cc1.[Br][Mo]([Br])[Br]. The van der Waals surface area contributed by atoms with E-state index in [1.165, 1.54) is 22.5 Å². The molecule has 0 unspecified atom stereocenters. The van der Waals surface area contributed by atoms with Crippen LogP contribution in [-0.4, -0.2) is 25.6 Å². The summed E-state index contributed by atoms with van der Waals surface area (Å²) in [4.78, 5) is 5.30. The summed E-state index contributed by atoms with van der Waals surface area (Å²) in [5, 5.41) is 1.20. The van der Waals surface area contributed by atoms with Gasteiger partial charge in [-0.15, -0.1) is 0 Å². The Hall–Kier alpha value is 1.16. The van der Waals surface area contributed by atoms with E-state index in [-0.39, 0.29) is 0 Å². The number of pyridine rings is 1. The first-order chi connectivity index (χ1) is 17.5. The fourth-order valence-corrected chi connectivity index (χ4v) is 13.1. The first-order valence-electron chi connectivity index (χ1n) is 13.6. The van der Waals surface area contributed by atoms with Crippen molar-refractivity contribution in [3.05, 3.63) is 58.9 Å². The average Bonchev–Trinajstić information content (AvgIpc) is 2.72. The van der Waals surface area contributed by atoms with Crippen LogP contribution in [0.3, 0.4) is 0 Å². The van der Waals surface area contributed by atoms with Gasteiger partial charge in [0.2, 0.25) is 0 Å². The molecule has 2 aromatic rings. The van der Waals surface area contributed by atoms with Crippen LogP contribution in [0.1, 0.15) is 106 Å². The van der Waals surface area contributed by atoms with Gasteiger partial charge in [-0.1, -0.05) is 29.8 Å². The molecule has 223 valence electrons. The molecule has 2 nitrogen and oxygen atoms in total. The number of benzene rings is 1. The Morgan fingerprint density at radius 2 is 1.00 bits per heavy atom. The van der Waals surface area contributed by atoms with Gasteiger partial charge in [-0.2, -0.15) is 0 Å². The van der Waals surface area contributed by atoms with E-state index in [1.54, 1.807) is 0 Å². The number of aromatic nitrogens is 1. The van der Waals surface area contributed by atoms with Crippen LogP contribution in [0, 0.1) is 6.92 Å². The summed E-state index contributed by atoms with van der Waals surface area (Å²) in [6, 6.07) is 13.1. The molecule has 2 rings (SSSR count). The van der Waals surface area contributed by atoms with Gasteiger partial charge in [0.15, 0.2) is 0 Å². The van der Waals surface area contributed by atoms with Crippen molar-refractivity contribution in [2.45, 2.75) is 130 Å². The molecule has 0 aliphatic carbocycles. The number of nitrogens with zero attached hydrogens (tertiary/aromatic N) is 1. The molecule has 0 saturated carbocycles. The molecule has 0 spiro atoms. The molecule has 1 aromatic heterocycles. The number of hydrogen-bond donors (Lipinski definition) is 0. The van der Waals surface area contributed by atoms with Crippen LogP contribution in [0.2, 0.25) is 0 Å². The zero-order valence-corrected chi connectivity index (χ0v) is 35.2. The molecule has 0 aliphatic rings. The number of halogens is 3.